The lowest BCUT2D eigenvalue weighted by Gasteiger charge is -2.10. The zero-order valence-corrected chi connectivity index (χ0v) is 13.4. The van der Waals surface area contributed by atoms with Crippen LogP contribution in [0.5, 0.6) is 5.75 Å². The summed E-state index contributed by atoms with van der Waals surface area (Å²) < 4.78 is 28.5. The predicted molar refractivity (Wildman–Crippen MR) is 86.8 cm³/mol. The lowest BCUT2D eigenvalue weighted by Crippen LogP contribution is -2.21. The van der Waals surface area contributed by atoms with E-state index < -0.39 is 20.7 Å². The van der Waals surface area contributed by atoms with Crippen molar-refractivity contribution >= 4 is 27.1 Å². The molecule has 0 radical (unpaired) electrons. The molecule has 1 N–H and O–H groups in total. The van der Waals surface area contributed by atoms with Gasteiger partial charge in [0, 0.05) is 18.4 Å². The highest BCUT2D eigenvalue weighted by atomic mass is 32.2. The van der Waals surface area contributed by atoms with Crippen LogP contribution in [0.25, 0.3) is 0 Å². The van der Waals surface area contributed by atoms with E-state index in [1.54, 1.807) is 12.1 Å². The maximum Gasteiger partial charge on any atom is 0.269 e. The van der Waals surface area contributed by atoms with Crippen LogP contribution in [-0.2, 0) is 14.6 Å². The first-order valence-electron chi connectivity index (χ1n) is 6.73. The summed E-state index contributed by atoms with van der Waals surface area (Å²) in [7, 11) is -3.48. The summed E-state index contributed by atoms with van der Waals surface area (Å²) in [5, 5.41) is 13.0. The molecule has 1 amide bonds. The number of benzene rings is 2. The number of nitro groups is 1. The molecule has 0 aliphatic rings. The molecular formula is C15H14N2O6S. The number of hydrogen-bond donors (Lipinski definition) is 1. The highest BCUT2D eigenvalue weighted by Crippen LogP contribution is 2.21. The van der Waals surface area contributed by atoms with Crippen LogP contribution >= 0.6 is 0 Å². The summed E-state index contributed by atoms with van der Waals surface area (Å²) in [6, 6.07) is 11.3. The molecule has 0 aliphatic heterocycles. The quantitative estimate of drug-likeness (QED) is 0.629. The maximum atomic E-state index is 11.9. The van der Waals surface area contributed by atoms with Gasteiger partial charge in [0.2, 0.25) is 0 Å². The molecular weight excluding hydrogens is 336 g/mol. The monoisotopic (exact) mass is 350 g/mol. The second-order valence-corrected chi connectivity index (χ2v) is 6.84. The average molecular weight is 350 g/mol. The summed E-state index contributed by atoms with van der Waals surface area (Å²) in [6.07, 6.45) is 1.05. The van der Waals surface area contributed by atoms with Crippen LogP contribution in [0.2, 0.25) is 0 Å². The van der Waals surface area contributed by atoms with E-state index in [1.807, 2.05) is 0 Å². The molecule has 0 aliphatic carbocycles. The minimum atomic E-state index is -3.48. The van der Waals surface area contributed by atoms with E-state index in [-0.39, 0.29) is 28.6 Å². The molecule has 0 unspecified atom stereocenters. The largest absolute Gasteiger partial charge is 0.484 e. The number of carbonyl (C=O) groups excluding carboxylic acids is 1. The van der Waals surface area contributed by atoms with Gasteiger partial charge in [0.15, 0.2) is 16.4 Å². The van der Waals surface area contributed by atoms with Crippen LogP contribution in [-0.4, -0.2) is 32.1 Å². The topological polar surface area (TPSA) is 116 Å². The number of rotatable bonds is 6. The SMILES string of the molecule is CS(=O)(=O)c1ccccc1NC(=O)COc1ccc([N+](=O)[O-])cc1. The van der Waals surface area contributed by atoms with Crippen molar-refractivity contribution in [3.05, 3.63) is 58.6 Å². The molecule has 0 saturated carbocycles. The molecule has 0 fully saturated rings. The Morgan fingerprint density at radius 1 is 1.17 bits per heavy atom. The van der Waals surface area contributed by atoms with Gasteiger partial charge in [-0.15, -0.1) is 0 Å². The van der Waals surface area contributed by atoms with Gasteiger partial charge in [0.05, 0.1) is 15.5 Å². The fourth-order valence-electron chi connectivity index (χ4n) is 1.89. The fraction of sp³-hybridized carbons (Fsp3) is 0.133. The molecule has 0 saturated heterocycles. The Bertz CT molecular complexity index is 862. The number of hydrogen-bond acceptors (Lipinski definition) is 6. The lowest BCUT2D eigenvalue weighted by molar-refractivity contribution is -0.384. The first kappa shape index (κ1) is 17.4. The zero-order valence-electron chi connectivity index (χ0n) is 12.6. The molecule has 24 heavy (non-hydrogen) atoms. The van der Waals surface area contributed by atoms with Gasteiger partial charge in [0.25, 0.3) is 11.6 Å². The third kappa shape index (κ3) is 4.53. The Kier molecular flexibility index (Phi) is 5.14. The summed E-state index contributed by atoms with van der Waals surface area (Å²) in [6.45, 7) is -0.365. The number of nitrogens with zero attached hydrogens (tertiary/aromatic N) is 1. The van der Waals surface area contributed by atoms with Gasteiger partial charge in [-0.2, -0.15) is 0 Å². The van der Waals surface area contributed by atoms with Crippen molar-refractivity contribution in [2.75, 3.05) is 18.2 Å². The number of nitro benzene ring substituents is 1. The first-order chi connectivity index (χ1) is 11.3. The van der Waals surface area contributed by atoms with Crippen LogP contribution in [0, 0.1) is 10.1 Å². The molecule has 0 aromatic heterocycles. The first-order valence-corrected chi connectivity index (χ1v) is 8.63. The molecule has 0 spiro atoms. The third-order valence-corrected chi connectivity index (χ3v) is 4.13. The van der Waals surface area contributed by atoms with E-state index in [1.165, 1.54) is 36.4 Å². The molecule has 2 rings (SSSR count). The maximum absolute atomic E-state index is 11.9. The second kappa shape index (κ2) is 7.09. The van der Waals surface area contributed by atoms with Crippen molar-refractivity contribution in [2.45, 2.75) is 4.90 Å². The van der Waals surface area contributed by atoms with Gasteiger partial charge in [-0.25, -0.2) is 8.42 Å². The lowest BCUT2D eigenvalue weighted by atomic mass is 10.3. The molecule has 0 bridgehead atoms. The van der Waals surface area contributed by atoms with Crippen molar-refractivity contribution in [3.8, 4) is 5.75 Å². The molecule has 0 heterocycles. The van der Waals surface area contributed by atoms with E-state index in [2.05, 4.69) is 5.32 Å². The van der Waals surface area contributed by atoms with Crippen LogP contribution in [0.4, 0.5) is 11.4 Å². The van der Waals surface area contributed by atoms with Gasteiger partial charge in [0.1, 0.15) is 5.75 Å². The van der Waals surface area contributed by atoms with Crippen molar-refractivity contribution in [2.24, 2.45) is 0 Å². The van der Waals surface area contributed by atoms with Gasteiger partial charge in [-0.1, -0.05) is 12.1 Å². The normalized spacial score (nSPS) is 10.9. The smallest absolute Gasteiger partial charge is 0.269 e. The molecule has 8 nitrogen and oxygen atoms in total. The fourth-order valence-corrected chi connectivity index (χ4v) is 2.74. The number of non-ortho nitro benzene ring substituents is 1. The van der Waals surface area contributed by atoms with E-state index in [9.17, 15) is 23.3 Å². The summed E-state index contributed by atoms with van der Waals surface area (Å²) in [5.74, 6) is -0.267. The summed E-state index contributed by atoms with van der Waals surface area (Å²) in [4.78, 5) is 21.9. The third-order valence-electron chi connectivity index (χ3n) is 2.98. The highest BCUT2D eigenvalue weighted by Gasteiger charge is 2.14. The Balaban J connectivity index is 2.01. The minimum Gasteiger partial charge on any atom is -0.484 e. The number of nitrogens with one attached hydrogen (secondary N) is 1. The van der Waals surface area contributed by atoms with Gasteiger partial charge < -0.3 is 10.1 Å². The van der Waals surface area contributed by atoms with E-state index >= 15 is 0 Å². The summed E-state index contributed by atoms with van der Waals surface area (Å²) >= 11 is 0. The van der Waals surface area contributed by atoms with Gasteiger partial charge in [-0.3, -0.25) is 14.9 Å². The van der Waals surface area contributed by atoms with Crippen LogP contribution in [0.3, 0.4) is 0 Å². The van der Waals surface area contributed by atoms with E-state index in [0.717, 1.165) is 6.26 Å². The predicted octanol–water partition coefficient (Wildman–Crippen LogP) is 2.02. The number of carbonyl (C=O) groups is 1. The Hall–Kier alpha value is -2.94. The van der Waals surface area contributed by atoms with Crippen LogP contribution in [0.15, 0.2) is 53.4 Å². The Morgan fingerprint density at radius 3 is 2.38 bits per heavy atom. The van der Waals surface area contributed by atoms with Crippen molar-refractivity contribution in [1.82, 2.24) is 0 Å². The number of anilines is 1. The molecule has 0 atom stereocenters. The summed E-state index contributed by atoms with van der Waals surface area (Å²) in [5.41, 5.74) is 0.0752. The Morgan fingerprint density at radius 2 is 1.79 bits per heavy atom. The average Bonchev–Trinajstić information content (AvgIpc) is 2.53. The van der Waals surface area contributed by atoms with E-state index in [0.29, 0.717) is 0 Å². The number of sulfone groups is 1. The second-order valence-electron chi connectivity index (χ2n) is 4.86. The number of ether oxygens (including phenoxy) is 1. The minimum absolute atomic E-state index is 0.00804. The van der Waals surface area contributed by atoms with E-state index in [4.69, 9.17) is 4.74 Å². The zero-order chi connectivity index (χ0) is 17.7. The van der Waals surface area contributed by atoms with Crippen molar-refractivity contribution < 1.29 is 22.9 Å². The molecule has 2 aromatic rings. The standard InChI is InChI=1S/C15H14N2O6S/c1-24(21,22)14-5-3-2-4-13(14)16-15(18)10-23-12-8-6-11(7-9-12)17(19)20/h2-9H,10H2,1H3,(H,16,18). The van der Waals surface area contributed by atoms with Gasteiger partial charge >= 0.3 is 0 Å². The van der Waals surface area contributed by atoms with Crippen LogP contribution < -0.4 is 10.1 Å². The highest BCUT2D eigenvalue weighted by molar-refractivity contribution is 7.90. The molecule has 2 aromatic carbocycles. The molecule has 9 heteroatoms. The number of para-hydroxylation sites is 1. The number of amides is 1. The van der Waals surface area contributed by atoms with Crippen LogP contribution in [0.1, 0.15) is 0 Å². The van der Waals surface area contributed by atoms with Gasteiger partial charge in [-0.05, 0) is 24.3 Å². The Labute approximate surface area is 138 Å². The van der Waals surface area contributed by atoms with Crippen molar-refractivity contribution in [1.29, 1.82) is 0 Å². The molecule has 126 valence electrons. The van der Waals surface area contributed by atoms with Crippen molar-refractivity contribution in [3.63, 3.8) is 0 Å².